The Morgan fingerprint density at radius 3 is 2.47 bits per heavy atom. The van der Waals surface area contributed by atoms with Crippen LogP contribution < -0.4 is 23.7 Å². The summed E-state index contributed by atoms with van der Waals surface area (Å²) in [7, 11) is 3.17. The van der Waals surface area contributed by atoms with Crippen LogP contribution in [0.5, 0.6) is 28.7 Å². The summed E-state index contributed by atoms with van der Waals surface area (Å²) in [6, 6.07) is 7.75. The van der Waals surface area contributed by atoms with Crippen molar-refractivity contribution in [1.82, 2.24) is 0 Å². The Morgan fingerprint density at radius 2 is 1.78 bits per heavy atom. The predicted octanol–water partition coefficient (Wildman–Crippen LogP) is 3.93. The predicted molar refractivity (Wildman–Crippen MR) is 116 cm³/mol. The van der Waals surface area contributed by atoms with E-state index in [4.69, 9.17) is 28.4 Å². The number of hydrogen-bond donors (Lipinski definition) is 0. The molecule has 2 aliphatic heterocycles. The molecule has 0 aromatic heterocycles. The zero-order chi connectivity index (χ0) is 22.2. The number of carbonyl (C=O) groups excluding carboxylic acids is 1. The second-order valence-electron chi connectivity index (χ2n) is 7.79. The Bertz CT molecular complexity index is 1110. The van der Waals surface area contributed by atoms with Crippen LogP contribution in [-0.4, -0.2) is 40.2 Å². The molecule has 0 bridgehead atoms. The van der Waals surface area contributed by atoms with Crippen LogP contribution in [0.1, 0.15) is 29.0 Å². The van der Waals surface area contributed by atoms with Crippen molar-refractivity contribution in [2.45, 2.75) is 18.8 Å². The van der Waals surface area contributed by atoms with Crippen molar-refractivity contribution < 1.29 is 33.2 Å². The maximum absolute atomic E-state index is 12.8. The first kappa shape index (κ1) is 20.3. The normalized spacial score (nSPS) is 18.1. The number of benzene rings is 2. The van der Waals surface area contributed by atoms with Gasteiger partial charge in [-0.1, -0.05) is 6.08 Å². The Balaban J connectivity index is 1.66. The van der Waals surface area contributed by atoms with E-state index < -0.39 is 0 Å². The monoisotopic (exact) mass is 436 g/mol. The van der Waals surface area contributed by atoms with E-state index in [1.165, 1.54) is 0 Å². The van der Waals surface area contributed by atoms with Gasteiger partial charge in [0.2, 0.25) is 12.5 Å². The zero-order valence-electron chi connectivity index (χ0n) is 18.1. The lowest BCUT2D eigenvalue weighted by Crippen LogP contribution is -2.18. The summed E-state index contributed by atoms with van der Waals surface area (Å²) in [5.74, 6) is 2.34. The molecule has 0 saturated carbocycles. The standard InChI is InChI=1S/C25H24O7/c1-4-5-6-29-24-20(27-2)9-15(10-21(24)28-3)22-17-11-19-18(31-13-32-19)8-14(17)7-16-12-30-25(26)23(16)22/h4,8-11,22H,1,5-7,12-13H2,2-3H3/t22-/m0/s1. The van der Waals surface area contributed by atoms with Gasteiger partial charge in [-0.2, -0.15) is 0 Å². The summed E-state index contributed by atoms with van der Waals surface area (Å²) in [5.41, 5.74) is 4.56. The van der Waals surface area contributed by atoms with E-state index in [1.807, 2.05) is 24.3 Å². The van der Waals surface area contributed by atoms with Crippen molar-refractivity contribution >= 4 is 5.97 Å². The van der Waals surface area contributed by atoms with Gasteiger partial charge < -0.3 is 28.4 Å². The number of cyclic esters (lactones) is 1. The van der Waals surface area contributed by atoms with Gasteiger partial charge in [-0.15, -0.1) is 6.58 Å². The van der Waals surface area contributed by atoms with Crippen LogP contribution in [0.15, 0.2) is 48.1 Å². The molecule has 0 amide bonds. The van der Waals surface area contributed by atoms with E-state index >= 15 is 0 Å². The van der Waals surface area contributed by atoms with Crippen LogP contribution in [0.25, 0.3) is 0 Å². The van der Waals surface area contributed by atoms with E-state index in [0.717, 1.165) is 28.0 Å². The van der Waals surface area contributed by atoms with Crippen LogP contribution >= 0.6 is 0 Å². The maximum atomic E-state index is 12.8. The highest BCUT2D eigenvalue weighted by Gasteiger charge is 2.40. The van der Waals surface area contributed by atoms with Gasteiger partial charge in [0.05, 0.1) is 26.4 Å². The van der Waals surface area contributed by atoms with E-state index in [1.54, 1.807) is 20.3 Å². The SMILES string of the molecule is C=CCCOc1c(OC)cc([C@@H]2C3=C(COC3=O)Cc3cc4c(cc32)OCO4)cc1OC. The summed E-state index contributed by atoms with van der Waals surface area (Å²) in [6.07, 6.45) is 3.12. The van der Waals surface area contributed by atoms with Gasteiger partial charge in [-0.05, 0) is 59.4 Å². The van der Waals surface area contributed by atoms with Crippen molar-refractivity contribution in [1.29, 1.82) is 0 Å². The van der Waals surface area contributed by atoms with Crippen molar-refractivity contribution in [3.05, 3.63) is 64.8 Å². The van der Waals surface area contributed by atoms with Crippen LogP contribution in [0.2, 0.25) is 0 Å². The molecule has 0 fully saturated rings. The van der Waals surface area contributed by atoms with Crippen molar-refractivity contribution in [2.75, 3.05) is 34.2 Å². The number of methoxy groups -OCH3 is 2. The van der Waals surface area contributed by atoms with Gasteiger partial charge >= 0.3 is 5.97 Å². The number of fused-ring (bicyclic) bond motifs is 2. The minimum absolute atomic E-state index is 0.191. The number of ether oxygens (including phenoxy) is 6. The van der Waals surface area contributed by atoms with Gasteiger partial charge in [0, 0.05) is 5.92 Å². The number of carbonyl (C=O) groups is 1. The largest absolute Gasteiger partial charge is 0.493 e. The second kappa shape index (κ2) is 8.15. The van der Waals surface area contributed by atoms with E-state index in [9.17, 15) is 4.79 Å². The number of esters is 1. The Kier molecular flexibility index (Phi) is 5.17. The lowest BCUT2D eigenvalue weighted by atomic mass is 9.75. The summed E-state index contributed by atoms with van der Waals surface area (Å²) in [5, 5.41) is 0. The molecule has 2 heterocycles. The Hall–Kier alpha value is -3.61. The lowest BCUT2D eigenvalue weighted by Gasteiger charge is -2.27. The minimum Gasteiger partial charge on any atom is -0.493 e. The molecule has 166 valence electrons. The lowest BCUT2D eigenvalue weighted by molar-refractivity contribution is -0.136. The zero-order valence-corrected chi connectivity index (χ0v) is 18.1. The molecule has 1 aliphatic carbocycles. The fraction of sp³-hybridized carbons (Fsp3) is 0.320. The Labute approximate surface area is 186 Å². The first-order chi connectivity index (χ1) is 15.6. The summed E-state index contributed by atoms with van der Waals surface area (Å²) in [4.78, 5) is 12.8. The summed E-state index contributed by atoms with van der Waals surface area (Å²) >= 11 is 0. The van der Waals surface area contributed by atoms with E-state index in [2.05, 4.69) is 6.58 Å². The van der Waals surface area contributed by atoms with Crippen molar-refractivity contribution in [2.24, 2.45) is 0 Å². The third-order valence-electron chi connectivity index (χ3n) is 6.00. The summed E-state index contributed by atoms with van der Waals surface area (Å²) < 4.78 is 33.8. The van der Waals surface area contributed by atoms with E-state index in [-0.39, 0.29) is 18.7 Å². The van der Waals surface area contributed by atoms with Crippen LogP contribution in [0.3, 0.4) is 0 Å². The number of rotatable bonds is 7. The highest BCUT2D eigenvalue weighted by molar-refractivity contribution is 5.95. The molecule has 0 saturated heterocycles. The molecule has 2 aromatic rings. The van der Waals surface area contributed by atoms with Gasteiger partial charge in [-0.3, -0.25) is 0 Å². The molecule has 2 aromatic carbocycles. The van der Waals surface area contributed by atoms with Gasteiger partial charge in [0.15, 0.2) is 23.0 Å². The molecular formula is C25H24O7. The number of hydrogen-bond acceptors (Lipinski definition) is 7. The van der Waals surface area contributed by atoms with Crippen LogP contribution in [0.4, 0.5) is 0 Å². The maximum Gasteiger partial charge on any atom is 0.335 e. The molecule has 7 nitrogen and oxygen atoms in total. The van der Waals surface area contributed by atoms with Gasteiger partial charge in [0.25, 0.3) is 0 Å². The first-order valence-electron chi connectivity index (χ1n) is 10.5. The third kappa shape index (κ3) is 3.25. The van der Waals surface area contributed by atoms with Gasteiger partial charge in [0.1, 0.15) is 6.61 Å². The average Bonchev–Trinajstić information content (AvgIpc) is 3.42. The molecule has 0 radical (unpaired) electrons. The molecule has 1 atom stereocenters. The van der Waals surface area contributed by atoms with Crippen molar-refractivity contribution in [3.63, 3.8) is 0 Å². The highest BCUT2D eigenvalue weighted by atomic mass is 16.7. The average molecular weight is 436 g/mol. The third-order valence-corrected chi connectivity index (χ3v) is 6.00. The van der Waals surface area contributed by atoms with Crippen LogP contribution in [0, 0.1) is 0 Å². The second-order valence-corrected chi connectivity index (χ2v) is 7.79. The van der Waals surface area contributed by atoms with Crippen molar-refractivity contribution in [3.8, 4) is 28.7 Å². The molecule has 0 N–H and O–H groups in total. The molecule has 7 heteroatoms. The minimum atomic E-state index is -0.344. The topological polar surface area (TPSA) is 72.5 Å². The fourth-order valence-corrected chi connectivity index (χ4v) is 4.53. The molecule has 32 heavy (non-hydrogen) atoms. The smallest absolute Gasteiger partial charge is 0.335 e. The molecule has 0 spiro atoms. The Morgan fingerprint density at radius 1 is 1.06 bits per heavy atom. The molecule has 0 unspecified atom stereocenters. The first-order valence-corrected chi connectivity index (χ1v) is 10.5. The fourth-order valence-electron chi connectivity index (χ4n) is 4.53. The van der Waals surface area contributed by atoms with E-state index in [0.29, 0.717) is 54.6 Å². The molecular weight excluding hydrogens is 412 g/mol. The highest BCUT2D eigenvalue weighted by Crippen LogP contribution is 2.50. The van der Waals surface area contributed by atoms with Gasteiger partial charge in [-0.25, -0.2) is 4.79 Å². The molecule has 5 rings (SSSR count). The quantitative estimate of drug-likeness (QED) is 0.370. The van der Waals surface area contributed by atoms with Crippen LogP contribution in [-0.2, 0) is 16.0 Å². The summed E-state index contributed by atoms with van der Waals surface area (Å²) in [6.45, 7) is 4.67. The molecule has 3 aliphatic rings.